The molecule has 0 saturated carbocycles. The Morgan fingerprint density at radius 2 is 1.91 bits per heavy atom. The van der Waals surface area contributed by atoms with Crippen LogP contribution < -0.4 is 20.9 Å². The summed E-state index contributed by atoms with van der Waals surface area (Å²) in [6.45, 7) is 10.1. The van der Waals surface area contributed by atoms with Crippen LogP contribution >= 0.6 is 0 Å². The lowest BCUT2D eigenvalue weighted by Crippen LogP contribution is -2.31. The van der Waals surface area contributed by atoms with Gasteiger partial charge in [0.25, 0.3) is 0 Å². The molecule has 12 heteroatoms. The molecule has 192 valence electrons. The average Bonchev–Trinajstić information content (AvgIpc) is 3.25. The smallest absolute Gasteiger partial charge is 0.454 e. The summed E-state index contributed by atoms with van der Waals surface area (Å²) in [7, 11) is 1.91. The first-order valence-electron chi connectivity index (χ1n) is 11.3. The second kappa shape index (κ2) is 10.6. The van der Waals surface area contributed by atoms with Crippen LogP contribution in [0.15, 0.2) is 18.2 Å². The van der Waals surface area contributed by atoms with Gasteiger partial charge in [-0.25, -0.2) is 4.79 Å². The summed E-state index contributed by atoms with van der Waals surface area (Å²) >= 11 is 0. The number of halogens is 3. The Morgan fingerprint density at radius 1 is 1.20 bits per heavy atom. The van der Waals surface area contributed by atoms with E-state index < -0.39 is 18.8 Å². The maximum absolute atomic E-state index is 12.4. The number of benzene rings is 1. The molecule has 1 aromatic heterocycles. The zero-order valence-electron chi connectivity index (χ0n) is 20.6. The summed E-state index contributed by atoms with van der Waals surface area (Å²) in [4.78, 5) is 26.7. The molecular weight excluding hydrogens is 463 g/mol. The molecule has 35 heavy (non-hydrogen) atoms. The number of carbonyl (C=O) groups is 1. The molecule has 0 radical (unpaired) electrons. The lowest BCUT2D eigenvalue weighted by molar-refractivity contribution is -0.201. The molecule has 1 fully saturated rings. The number of nitrogens with zero attached hydrogens (tertiary/aromatic N) is 4. The number of hydrogen-bond donors (Lipinski definition) is 3. The molecule has 2 heterocycles. The Bertz CT molecular complexity index is 1030. The highest BCUT2D eigenvalue weighted by atomic mass is 19.4. The molecule has 0 spiro atoms. The molecule has 0 bridgehead atoms. The first kappa shape index (κ1) is 26.5. The maximum atomic E-state index is 12.4. The van der Waals surface area contributed by atoms with Crippen molar-refractivity contribution in [2.75, 3.05) is 42.2 Å². The van der Waals surface area contributed by atoms with Crippen molar-refractivity contribution in [1.82, 2.24) is 20.3 Å². The Morgan fingerprint density at radius 3 is 2.54 bits per heavy atom. The van der Waals surface area contributed by atoms with Gasteiger partial charge in [-0.05, 0) is 42.5 Å². The summed E-state index contributed by atoms with van der Waals surface area (Å²) in [6, 6.07) is 5.12. The lowest BCUT2D eigenvalue weighted by atomic mass is 9.96. The maximum Gasteiger partial charge on any atom is 0.490 e. The van der Waals surface area contributed by atoms with Crippen molar-refractivity contribution >= 4 is 29.5 Å². The summed E-state index contributed by atoms with van der Waals surface area (Å²) in [5, 5.41) is 9.78. The number of ether oxygens (including phenoxy) is 1. The second-order valence-electron chi connectivity index (χ2n) is 9.88. The van der Waals surface area contributed by atoms with Gasteiger partial charge in [-0.2, -0.15) is 28.1 Å². The van der Waals surface area contributed by atoms with Crippen LogP contribution in [0.4, 0.5) is 36.7 Å². The minimum atomic E-state index is -5.04. The van der Waals surface area contributed by atoms with E-state index in [2.05, 4.69) is 56.4 Å². The fraction of sp³-hybridized carbons (Fsp3) is 0.565. The van der Waals surface area contributed by atoms with Crippen LogP contribution in [0, 0.1) is 12.3 Å². The van der Waals surface area contributed by atoms with Gasteiger partial charge in [0.05, 0.1) is 0 Å². The van der Waals surface area contributed by atoms with E-state index >= 15 is 0 Å². The highest BCUT2D eigenvalue weighted by Crippen LogP contribution is 2.25. The molecule has 0 aliphatic carbocycles. The van der Waals surface area contributed by atoms with Crippen molar-refractivity contribution in [1.29, 1.82) is 0 Å². The Labute approximate surface area is 202 Å². The molecule has 1 atom stereocenters. The zero-order valence-corrected chi connectivity index (χ0v) is 20.6. The van der Waals surface area contributed by atoms with Gasteiger partial charge in [-0.1, -0.05) is 32.9 Å². The predicted molar refractivity (Wildman–Crippen MR) is 128 cm³/mol. The van der Waals surface area contributed by atoms with Crippen LogP contribution in [-0.2, 0) is 16.1 Å². The van der Waals surface area contributed by atoms with Gasteiger partial charge in [0.15, 0.2) is 0 Å². The van der Waals surface area contributed by atoms with Gasteiger partial charge in [-0.3, -0.25) is 0 Å². The average molecular weight is 496 g/mol. The molecule has 9 nitrogen and oxygen atoms in total. The number of alkyl halides is 3. The van der Waals surface area contributed by atoms with Gasteiger partial charge < -0.3 is 25.6 Å². The Balaban J connectivity index is 1.84. The van der Waals surface area contributed by atoms with Crippen LogP contribution in [0.2, 0.25) is 0 Å². The summed E-state index contributed by atoms with van der Waals surface area (Å²) < 4.78 is 41.7. The number of carbonyl (C=O) groups excluding carboxylic acids is 1. The summed E-state index contributed by atoms with van der Waals surface area (Å²) in [6.07, 6.45) is -4.09. The predicted octanol–water partition coefficient (Wildman–Crippen LogP) is 3.79. The van der Waals surface area contributed by atoms with Crippen LogP contribution in [-0.4, -0.2) is 59.8 Å². The molecule has 2 aromatic rings. The molecule has 1 saturated heterocycles. The number of aryl methyl sites for hydroxylation is 1. The van der Waals surface area contributed by atoms with Crippen molar-refractivity contribution in [2.45, 2.75) is 52.9 Å². The number of aromatic nitrogens is 3. The third-order valence-electron chi connectivity index (χ3n) is 5.22. The SMILES string of the molecule is Cc1ccc(COC(=O)C(F)(F)F)cc1Nc1nc(N[C@H]2CCNC2)nc(N(C)CC(C)(C)C)n1. The Kier molecular flexibility index (Phi) is 8.04. The van der Waals surface area contributed by atoms with E-state index in [0.29, 0.717) is 29.7 Å². The van der Waals surface area contributed by atoms with E-state index in [1.54, 1.807) is 18.2 Å². The zero-order chi connectivity index (χ0) is 25.8. The third-order valence-corrected chi connectivity index (χ3v) is 5.22. The quantitative estimate of drug-likeness (QED) is 0.472. The van der Waals surface area contributed by atoms with E-state index in [1.165, 1.54) is 0 Å². The van der Waals surface area contributed by atoms with E-state index in [1.807, 2.05) is 18.9 Å². The van der Waals surface area contributed by atoms with Gasteiger partial charge in [-0.15, -0.1) is 0 Å². The van der Waals surface area contributed by atoms with Crippen LogP contribution in [0.3, 0.4) is 0 Å². The molecule has 3 N–H and O–H groups in total. The Hall–Kier alpha value is -3.15. The minimum absolute atomic E-state index is 0.0106. The standard InChI is InChI=1S/C23H32F3N7O2/c1-14-6-7-15(12-35-18(34)23(24,25)26)10-17(14)29-20-30-19(28-16-8-9-27-11-16)31-21(32-20)33(5)13-22(2,3)4/h6-7,10,16,27H,8-9,11-13H2,1-5H3,(H2,28,29,30,31,32)/t16-/m0/s1. The largest absolute Gasteiger partial charge is 0.490 e. The van der Waals surface area contributed by atoms with Crippen LogP contribution in [0.1, 0.15) is 38.3 Å². The van der Waals surface area contributed by atoms with Crippen molar-refractivity contribution in [3.05, 3.63) is 29.3 Å². The number of esters is 1. The lowest BCUT2D eigenvalue weighted by Gasteiger charge is -2.27. The van der Waals surface area contributed by atoms with Crippen LogP contribution in [0.5, 0.6) is 0 Å². The first-order chi connectivity index (χ1) is 16.3. The number of hydrogen-bond acceptors (Lipinski definition) is 9. The minimum Gasteiger partial charge on any atom is -0.454 e. The van der Waals surface area contributed by atoms with Crippen molar-refractivity contribution in [3.8, 4) is 0 Å². The van der Waals surface area contributed by atoms with Gasteiger partial charge in [0, 0.05) is 31.9 Å². The molecule has 1 aromatic carbocycles. The monoisotopic (exact) mass is 495 g/mol. The van der Waals surface area contributed by atoms with Crippen molar-refractivity contribution < 1.29 is 22.7 Å². The molecule has 1 aliphatic rings. The van der Waals surface area contributed by atoms with Gasteiger partial charge in [0.1, 0.15) is 6.61 Å². The molecule has 1 aliphatic heterocycles. The summed E-state index contributed by atoms with van der Waals surface area (Å²) in [5.41, 5.74) is 1.80. The molecular formula is C23H32F3N7O2. The third kappa shape index (κ3) is 7.94. The molecule has 0 amide bonds. The van der Waals surface area contributed by atoms with E-state index in [4.69, 9.17) is 0 Å². The van der Waals surface area contributed by atoms with Gasteiger partial charge in [0.2, 0.25) is 17.8 Å². The summed E-state index contributed by atoms with van der Waals surface area (Å²) in [5.74, 6) is -1.02. The van der Waals surface area contributed by atoms with E-state index in [9.17, 15) is 18.0 Å². The second-order valence-corrected chi connectivity index (χ2v) is 9.88. The number of rotatable bonds is 8. The van der Waals surface area contributed by atoms with Crippen molar-refractivity contribution in [2.24, 2.45) is 5.41 Å². The highest BCUT2D eigenvalue weighted by molar-refractivity contribution is 5.75. The fourth-order valence-electron chi connectivity index (χ4n) is 3.64. The van der Waals surface area contributed by atoms with Gasteiger partial charge >= 0.3 is 12.1 Å². The van der Waals surface area contributed by atoms with E-state index in [-0.39, 0.29) is 17.4 Å². The van der Waals surface area contributed by atoms with Crippen LogP contribution in [0.25, 0.3) is 0 Å². The highest BCUT2D eigenvalue weighted by Gasteiger charge is 2.40. The van der Waals surface area contributed by atoms with E-state index in [0.717, 1.165) is 25.1 Å². The fourth-order valence-corrected chi connectivity index (χ4v) is 3.64. The number of nitrogens with one attached hydrogen (secondary N) is 3. The molecule has 3 rings (SSSR count). The normalized spacial score (nSPS) is 16.2. The number of anilines is 4. The van der Waals surface area contributed by atoms with Crippen molar-refractivity contribution in [3.63, 3.8) is 0 Å². The first-order valence-corrected chi connectivity index (χ1v) is 11.3. The topological polar surface area (TPSA) is 104 Å². The molecule has 0 unspecified atom stereocenters.